The molecule has 2 amide bonds. The van der Waals surface area contributed by atoms with Gasteiger partial charge in [0.1, 0.15) is 0 Å². The van der Waals surface area contributed by atoms with Crippen LogP contribution in [0.15, 0.2) is 35.1 Å². The third kappa shape index (κ3) is 3.80. The summed E-state index contributed by atoms with van der Waals surface area (Å²) in [6.45, 7) is 0.326. The second-order valence-corrected chi connectivity index (χ2v) is 3.85. The van der Waals surface area contributed by atoms with Gasteiger partial charge in [-0.2, -0.15) is 4.98 Å². The van der Waals surface area contributed by atoms with Crippen molar-refractivity contribution >= 4 is 17.7 Å². The lowest BCUT2D eigenvalue weighted by Crippen LogP contribution is -2.30. The summed E-state index contributed by atoms with van der Waals surface area (Å²) in [6, 6.07) is 5.54. The molecule has 0 saturated heterocycles. The number of aromatic carboxylic acids is 1. The first kappa shape index (κ1) is 13.5. The summed E-state index contributed by atoms with van der Waals surface area (Å²) in [6.07, 6.45) is 1.70. The number of nitrogens with zero attached hydrogens (tertiary/aromatic N) is 2. The number of benzene rings is 1. The van der Waals surface area contributed by atoms with E-state index in [1.54, 1.807) is 12.1 Å². The number of carboxylic acids is 1. The monoisotopic (exact) mass is 276 g/mol. The highest BCUT2D eigenvalue weighted by atomic mass is 16.5. The maximum Gasteiger partial charge on any atom is 0.335 e. The van der Waals surface area contributed by atoms with Crippen molar-refractivity contribution in [2.45, 2.75) is 6.42 Å². The number of aromatic nitrogens is 2. The van der Waals surface area contributed by atoms with Crippen LogP contribution in [0.4, 0.5) is 10.5 Å². The Morgan fingerprint density at radius 3 is 2.90 bits per heavy atom. The molecule has 2 rings (SSSR count). The minimum absolute atomic E-state index is 0.105. The Balaban J connectivity index is 1.82. The summed E-state index contributed by atoms with van der Waals surface area (Å²) >= 11 is 0. The van der Waals surface area contributed by atoms with Gasteiger partial charge in [-0.05, 0) is 18.2 Å². The summed E-state index contributed by atoms with van der Waals surface area (Å²) in [4.78, 5) is 26.2. The SMILES string of the molecule is O=C(NCCc1ncno1)Nc1cccc(C(=O)O)c1. The Labute approximate surface area is 113 Å². The van der Waals surface area contributed by atoms with E-state index in [0.717, 1.165) is 0 Å². The zero-order valence-corrected chi connectivity index (χ0v) is 10.4. The van der Waals surface area contributed by atoms with Crippen LogP contribution in [-0.2, 0) is 6.42 Å². The molecule has 0 radical (unpaired) electrons. The highest BCUT2D eigenvalue weighted by Gasteiger charge is 2.06. The van der Waals surface area contributed by atoms with E-state index in [0.29, 0.717) is 24.5 Å². The van der Waals surface area contributed by atoms with Gasteiger partial charge < -0.3 is 20.3 Å². The van der Waals surface area contributed by atoms with Gasteiger partial charge in [-0.25, -0.2) is 9.59 Å². The molecule has 1 aromatic carbocycles. The van der Waals surface area contributed by atoms with Crippen molar-refractivity contribution in [1.29, 1.82) is 0 Å². The molecule has 8 nitrogen and oxygen atoms in total. The van der Waals surface area contributed by atoms with Crippen LogP contribution in [0.25, 0.3) is 0 Å². The van der Waals surface area contributed by atoms with Gasteiger partial charge in [0.25, 0.3) is 0 Å². The Morgan fingerprint density at radius 2 is 2.20 bits per heavy atom. The molecule has 20 heavy (non-hydrogen) atoms. The van der Waals surface area contributed by atoms with E-state index >= 15 is 0 Å². The Morgan fingerprint density at radius 1 is 1.35 bits per heavy atom. The van der Waals surface area contributed by atoms with Gasteiger partial charge in [0.15, 0.2) is 6.33 Å². The van der Waals surface area contributed by atoms with E-state index in [-0.39, 0.29) is 5.56 Å². The van der Waals surface area contributed by atoms with E-state index < -0.39 is 12.0 Å². The van der Waals surface area contributed by atoms with Crippen molar-refractivity contribution in [3.05, 3.63) is 42.0 Å². The first-order chi connectivity index (χ1) is 9.65. The predicted molar refractivity (Wildman–Crippen MR) is 68.4 cm³/mol. The molecule has 2 aromatic rings. The van der Waals surface area contributed by atoms with E-state index in [1.807, 2.05) is 0 Å². The molecule has 0 aliphatic rings. The smallest absolute Gasteiger partial charge is 0.335 e. The lowest BCUT2D eigenvalue weighted by atomic mass is 10.2. The number of carboxylic acid groups (broad SMARTS) is 1. The number of hydrogen-bond acceptors (Lipinski definition) is 5. The van der Waals surface area contributed by atoms with Gasteiger partial charge in [-0.1, -0.05) is 11.2 Å². The molecule has 104 valence electrons. The van der Waals surface area contributed by atoms with Crippen LogP contribution < -0.4 is 10.6 Å². The molecule has 0 unspecified atom stereocenters. The Kier molecular flexibility index (Phi) is 4.28. The molecular formula is C12H12N4O4. The molecular weight excluding hydrogens is 264 g/mol. The molecule has 3 N–H and O–H groups in total. The van der Waals surface area contributed by atoms with Gasteiger partial charge in [0, 0.05) is 18.7 Å². The minimum atomic E-state index is -1.05. The molecule has 0 aliphatic heterocycles. The number of rotatable bonds is 5. The fourth-order valence-corrected chi connectivity index (χ4v) is 1.49. The van der Waals surface area contributed by atoms with Crippen molar-refractivity contribution in [2.75, 3.05) is 11.9 Å². The first-order valence-electron chi connectivity index (χ1n) is 5.79. The first-order valence-corrected chi connectivity index (χ1v) is 5.79. The molecule has 0 bridgehead atoms. The molecule has 0 aliphatic carbocycles. The Bertz CT molecular complexity index is 597. The second kappa shape index (κ2) is 6.32. The van der Waals surface area contributed by atoms with E-state index in [4.69, 9.17) is 9.63 Å². The summed E-state index contributed by atoms with van der Waals surface area (Å²) in [5.74, 6) is -0.622. The van der Waals surface area contributed by atoms with Crippen molar-refractivity contribution in [3.8, 4) is 0 Å². The van der Waals surface area contributed by atoms with Gasteiger partial charge in [0.2, 0.25) is 5.89 Å². The van der Waals surface area contributed by atoms with Crippen LogP contribution in [0, 0.1) is 0 Å². The van der Waals surface area contributed by atoms with E-state index in [1.165, 1.54) is 18.5 Å². The lowest BCUT2D eigenvalue weighted by molar-refractivity contribution is 0.0697. The average molecular weight is 276 g/mol. The maximum absolute atomic E-state index is 11.6. The highest BCUT2D eigenvalue weighted by Crippen LogP contribution is 2.10. The number of urea groups is 1. The van der Waals surface area contributed by atoms with Crippen molar-refractivity contribution in [3.63, 3.8) is 0 Å². The average Bonchev–Trinajstić information content (AvgIpc) is 2.92. The lowest BCUT2D eigenvalue weighted by Gasteiger charge is -2.07. The normalized spacial score (nSPS) is 10.0. The van der Waals surface area contributed by atoms with Crippen molar-refractivity contribution < 1.29 is 19.2 Å². The summed E-state index contributed by atoms with van der Waals surface area (Å²) in [5, 5.41) is 17.4. The van der Waals surface area contributed by atoms with Crippen LogP contribution >= 0.6 is 0 Å². The zero-order chi connectivity index (χ0) is 14.4. The molecule has 0 atom stereocenters. The van der Waals surface area contributed by atoms with Gasteiger partial charge in [-0.15, -0.1) is 0 Å². The molecule has 0 saturated carbocycles. The molecule has 8 heteroatoms. The van der Waals surface area contributed by atoms with Crippen LogP contribution in [0.5, 0.6) is 0 Å². The quantitative estimate of drug-likeness (QED) is 0.753. The van der Waals surface area contributed by atoms with Crippen LogP contribution in [0.1, 0.15) is 16.2 Å². The molecule has 1 aromatic heterocycles. The summed E-state index contributed by atoms with van der Waals surface area (Å²) < 4.78 is 4.78. The fourth-order valence-electron chi connectivity index (χ4n) is 1.49. The van der Waals surface area contributed by atoms with E-state index in [9.17, 15) is 9.59 Å². The van der Waals surface area contributed by atoms with E-state index in [2.05, 4.69) is 20.8 Å². The van der Waals surface area contributed by atoms with Crippen molar-refractivity contribution in [1.82, 2.24) is 15.5 Å². The number of hydrogen-bond donors (Lipinski definition) is 3. The summed E-state index contributed by atoms with van der Waals surface area (Å²) in [5.41, 5.74) is 0.508. The van der Waals surface area contributed by atoms with Gasteiger partial charge in [-0.3, -0.25) is 0 Å². The maximum atomic E-state index is 11.6. The second-order valence-electron chi connectivity index (χ2n) is 3.85. The number of carbonyl (C=O) groups is 2. The summed E-state index contributed by atoms with van der Waals surface area (Å²) in [7, 11) is 0. The zero-order valence-electron chi connectivity index (χ0n) is 10.4. The molecule has 0 spiro atoms. The fraction of sp³-hybridized carbons (Fsp3) is 0.167. The Hall–Kier alpha value is -2.90. The third-order valence-electron chi connectivity index (χ3n) is 2.40. The van der Waals surface area contributed by atoms with Gasteiger partial charge >= 0.3 is 12.0 Å². The number of carbonyl (C=O) groups excluding carboxylic acids is 1. The molecule has 0 fully saturated rings. The van der Waals surface area contributed by atoms with Crippen molar-refractivity contribution in [2.24, 2.45) is 0 Å². The standard InChI is InChI=1S/C12H12N4O4/c17-11(18)8-2-1-3-9(6-8)16-12(19)13-5-4-10-14-7-15-20-10/h1-3,6-7H,4-5H2,(H,17,18)(H2,13,16,19). The third-order valence-corrected chi connectivity index (χ3v) is 2.40. The highest BCUT2D eigenvalue weighted by molar-refractivity contribution is 5.93. The van der Waals surface area contributed by atoms with Crippen LogP contribution in [-0.4, -0.2) is 33.8 Å². The van der Waals surface area contributed by atoms with Gasteiger partial charge in [0.05, 0.1) is 5.56 Å². The minimum Gasteiger partial charge on any atom is -0.478 e. The predicted octanol–water partition coefficient (Wildman–Crippen LogP) is 1.13. The number of amides is 2. The molecule has 1 heterocycles. The van der Waals surface area contributed by atoms with Crippen LogP contribution in [0.3, 0.4) is 0 Å². The van der Waals surface area contributed by atoms with Crippen LogP contribution in [0.2, 0.25) is 0 Å². The number of anilines is 1. The topological polar surface area (TPSA) is 117 Å². The number of nitrogens with one attached hydrogen (secondary N) is 2. The largest absolute Gasteiger partial charge is 0.478 e.